The molecule has 0 spiro atoms. The molecule has 0 aromatic carbocycles. The summed E-state index contributed by atoms with van der Waals surface area (Å²) >= 11 is 0. The number of nitrogens with zero attached hydrogens (tertiary/aromatic N) is 3. The van der Waals surface area contributed by atoms with Crippen molar-refractivity contribution in [3.63, 3.8) is 0 Å². The number of carbonyl (C=O) groups is 2. The van der Waals surface area contributed by atoms with Crippen LogP contribution in [0.5, 0.6) is 0 Å². The summed E-state index contributed by atoms with van der Waals surface area (Å²) < 4.78 is 10.1. The zero-order valence-electron chi connectivity index (χ0n) is 16.5. The normalized spacial score (nSPS) is 24.1. The van der Waals surface area contributed by atoms with Gasteiger partial charge in [0.15, 0.2) is 0 Å². The van der Waals surface area contributed by atoms with Crippen LogP contribution in [0.2, 0.25) is 0 Å². The van der Waals surface area contributed by atoms with Crippen LogP contribution in [0.25, 0.3) is 0 Å². The molecule has 0 unspecified atom stereocenters. The molecular weight excluding hydrogens is 348 g/mol. The van der Waals surface area contributed by atoms with Gasteiger partial charge >= 0.3 is 5.97 Å². The molecule has 0 bridgehead atoms. The average Bonchev–Trinajstić information content (AvgIpc) is 2.73. The van der Waals surface area contributed by atoms with Gasteiger partial charge in [-0.05, 0) is 38.8 Å². The Hall–Kier alpha value is -1.22. The van der Waals surface area contributed by atoms with Crippen LogP contribution in [0.3, 0.4) is 0 Å². The third kappa shape index (κ3) is 6.14. The van der Waals surface area contributed by atoms with E-state index in [0.717, 1.165) is 52.1 Å². The number of carbonyl (C=O) groups excluding carboxylic acids is 2. The molecule has 27 heavy (non-hydrogen) atoms. The number of amides is 1. The van der Waals surface area contributed by atoms with Crippen LogP contribution in [0, 0.1) is 0 Å². The molecule has 8 nitrogen and oxygen atoms in total. The minimum absolute atomic E-state index is 0.00352. The minimum Gasteiger partial charge on any atom is -0.467 e. The van der Waals surface area contributed by atoms with Gasteiger partial charge in [-0.1, -0.05) is 0 Å². The van der Waals surface area contributed by atoms with Crippen molar-refractivity contribution in [3.05, 3.63) is 0 Å². The molecule has 0 aliphatic carbocycles. The van der Waals surface area contributed by atoms with Crippen molar-refractivity contribution in [2.24, 2.45) is 0 Å². The number of piperidine rings is 2. The van der Waals surface area contributed by atoms with E-state index in [1.54, 1.807) is 0 Å². The number of piperazine rings is 1. The number of nitrogens with one attached hydrogen (secondary N) is 1. The number of likely N-dealkylation sites (tertiary alicyclic amines) is 1. The minimum atomic E-state index is -0.350. The van der Waals surface area contributed by atoms with Crippen molar-refractivity contribution >= 4 is 11.9 Å². The van der Waals surface area contributed by atoms with Gasteiger partial charge in [-0.3, -0.25) is 14.6 Å². The van der Waals surface area contributed by atoms with E-state index in [0.29, 0.717) is 25.7 Å². The van der Waals surface area contributed by atoms with Gasteiger partial charge in [0.1, 0.15) is 6.61 Å². The summed E-state index contributed by atoms with van der Waals surface area (Å²) in [5.41, 5.74) is 0. The summed E-state index contributed by atoms with van der Waals surface area (Å²) in [6, 6.07) is 0.716. The summed E-state index contributed by atoms with van der Waals surface area (Å²) in [4.78, 5) is 30.6. The number of rotatable bonds is 6. The van der Waals surface area contributed by atoms with Gasteiger partial charge < -0.3 is 19.7 Å². The first-order chi connectivity index (χ1) is 13.2. The molecule has 3 aliphatic heterocycles. The third-order valence-corrected chi connectivity index (χ3v) is 6.05. The van der Waals surface area contributed by atoms with Gasteiger partial charge in [-0.25, -0.2) is 4.79 Å². The first-order valence-electron chi connectivity index (χ1n) is 10.3. The van der Waals surface area contributed by atoms with Crippen LogP contribution < -0.4 is 5.32 Å². The number of hydrogen-bond donors (Lipinski definition) is 1. The van der Waals surface area contributed by atoms with Crippen LogP contribution in [-0.2, 0) is 19.1 Å². The largest absolute Gasteiger partial charge is 0.467 e. The maximum atomic E-state index is 12.6. The molecule has 0 atom stereocenters. The molecule has 0 aromatic rings. The first-order valence-corrected chi connectivity index (χ1v) is 10.3. The molecule has 0 aromatic heterocycles. The molecule has 8 heteroatoms. The van der Waals surface area contributed by atoms with Crippen molar-refractivity contribution < 1.29 is 19.1 Å². The summed E-state index contributed by atoms with van der Waals surface area (Å²) in [6.45, 7) is 8.29. The van der Waals surface area contributed by atoms with Crippen molar-refractivity contribution in [3.8, 4) is 0 Å². The average molecular weight is 383 g/mol. The Kier molecular flexibility index (Phi) is 7.87. The summed E-state index contributed by atoms with van der Waals surface area (Å²) in [7, 11) is 1.36. The SMILES string of the molecule is COC(=O)COC1CCN(C(=O)CN2CCN(C3CCNCC3)CC2)CC1. The fraction of sp³-hybridized carbons (Fsp3) is 0.895. The topological polar surface area (TPSA) is 74.4 Å². The lowest BCUT2D eigenvalue weighted by molar-refractivity contribution is -0.150. The molecule has 3 fully saturated rings. The fourth-order valence-corrected chi connectivity index (χ4v) is 4.27. The molecule has 1 amide bonds. The monoisotopic (exact) mass is 382 g/mol. The highest BCUT2D eigenvalue weighted by atomic mass is 16.6. The molecule has 1 N–H and O–H groups in total. The van der Waals surface area contributed by atoms with E-state index in [9.17, 15) is 9.59 Å². The van der Waals surface area contributed by atoms with E-state index in [1.807, 2.05) is 4.90 Å². The molecule has 3 heterocycles. The standard InChI is InChI=1S/C19H34N4O4/c1-26-19(25)15-27-17-4-8-23(9-5-17)18(24)14-21-10-12-22(13-11-21)16-2-6-20-7-3-16/h16-17,20H,2-15H2,1H3. The fourth-order valence-electron chi connectivity index (χ4n) is 4.27. The zero-order valence-corrected chi connectivity index (χ0v) is 16.5. The number of ether oxygens (including phenoxy) is 2. The van der Waals surface area contributed by atoms with Crippen molar-refractivity contribution in [2.75, 3.05) is 72.6 Å². The molecule has 154 valence electrons. The highest BCUT2D eigenvalue weighted by molar-refractivity contribution is 5.78. The summed E-state index contributed by atoms with van der Waals surface area (Å²) in [5.74, 6) is -0.131. The van der Waals surface area contributed by atoms with E-state index in [1.165, 1.54) is 20.0 Å². The van der Waals surface area contributed by atoms with Gasteiger partial charge in [0.25, 0.3) is 0 Å². The molecule has 3 rings (SSSR count). The van der Waals surface area contributed by atoms with Crippen LogP contribution in [-0.4, -0.2) is 111 Å². The lowest BCUT2D eigenvalue weighted by Gasteiger charge is -2.41. The predicted octanol–water partition coefficient (Wildman–Crippen LogP) is -0.463. The van der Waals surface area contributed by atoms with E-state index < -0.39 is 0 Å². The Balaban J connectivity index is 1.32. The van der Waals surface area contributed by atoms with Gasteiger partial charge in [-0.2, -0.15) is 0 Å². The van der Waals surface area contributed by atoms with Crippen LogP contribution in [0.15, 0.2) is 0 Å². The highest BCUT2D eigenvalue weighted by Crippen LogP contribution is 2.16. The van der Waals surface area contributed by atoms with Crippen LogP contribution >= 0.6 is 0 Å². The quantitative estimate of drug-likeness (QED) is 0.623. The number of esters is 1. The second-order valence-corrected chi connectivity index (χ2v) is 7.76. The Labute approximate surface area is 162 Å². The third-order valence-electron chi connectivity index (χ3n) is 6.05. The number of hydrogen-bond acceptors (Lipinski definition) is 7. The van der Waals surface area contributed by atoms with Crippen molar-refractivity contribution in [2.45, 2.75) is 37.8 Å². The van der Waals surface area contributed by atoms with E-state index in [2.05, 4.69) is 19.9 Å². The Morgan fingerprint density at radius 3 is 2.26 bits per heavy atom. The van der Waals surface area contributed by atoms with Gasteiger partial charge in [0, 0.05) is 45.3 Å². The van der Waals surface area contributed by atoms with Crippen LogP contribution in [0.1, 0.15) is 25.7 Å². The van der Waals surface area contributed by atoms with E-state index >= 15 is 0 Å². The zero-order chi connectivity index (χ0) is 19.1. The van der Waals surface area contributed by atoms with Gasteiger partial charge in [0.2, 0.25) is 5.91 Å². The number of methoxy groups -OCH3 is 1. The van der Waals surface area contributed by atoms with Crippen molar-refractivity contribution in [1.29, 1.82) is 0 Å². The summed E-state index contributed by atoms with van der Waals surface area (Å²) in [6.07, 6.45) is 4.10. The first kappa shape index (κ1) is 20.5. The van der Waals surface area contributed by atoms with Crippen molar-refractivity contribution in [1.82, 2.24) is 20.0 Å². The van der Waals surface area contributed by atoms with E-state index in [4.69, 9.17) is 4.74 Å². The summed E-state index contributed by atoms with van der Waals surface area (Å²) in [5, 5.41) is 3.43. The Morgan fingerprint density at radius 2 is 1.63 bits per heavy atom. The molecule has 0 radical (unpaired) electrons. The van der Waals surface area contributed by atoms with Gasteiger partial charge in [-0.15, -0.1) is 0 Å². The molecular formula is C19H34N4O4. The lowest BCUT2D eigenvalue weighted by atomic mass is 10.0. The maximum Gasteiger partial charge on any atom is 0.331 e. The molecule has 3 aliphatic rings. The molecule has 0 saturated carbocycles. The molecule has 3 saturated heterocycles. The highest BCUT2D eigenvalue weighted by Gasteiger charge is 2.28. The second-order valence-electron chi connectivity index (χ2n) is 7.76. The van der Waals surface area contributed by atoms with Crippen LogP contribution in [0.4, 0.5) is 0 Å². The Morgan fingerprint density at radius 1 is 0.963 bits per heavy atom. The lowest BCUT2D eigenvalue weighted by Crippen LogP contribution is -2.54. The Bertz CT molecular complexity index is 482. The smallest absolute Gasteiger partial charge is 0.331 e. The second kappa shape index (κ2) is 10.4. The van der Waals surface area contributed by atoms with Gasteiger partial charge in [0.05, 0.1) is 19.8 Å². The predicted molar refractivity (Wildman–Crippen MR) is 101 cm³/mol. The maximum absolute atomic E-state index is 12.6. The van der Waals surface area contributed by atoms with E-state index in [-0.39, 0.29) is 24.6 Å².